The van der Waals surface area contributed by atoms with Crippen molar-refractivity contribution in [2.45, 2.75) is 36.5 Å². The maximum Gasteiger partial charge on any atom is 0.250 e. The number of benzene rings is 1. The lowest BCUT2D eigenvalue weighted by molar-refractivity contribution is 0.0858. The van der Waals surface area contributed by atoms with E-state index < -0.39 is 33.3 Å². The Hall–Kier alpha value is -1.50. The summed E-state index contributed by atoms with van der Waals surface area (Å²) < 4.78 is 43.7. The Bertz CT molecular complexity index is 1080. The summed E-state index contributed by atoms with van der Waals surface area (Å²) in [4.78, 5) is 12.1. The van der Waals surface area contributed by atoms with Crippen LogP contribution in [0.15, 0.2) is 35.1 Å². The normalized spacial score (nSPS) is 16.4. The van der Waals surface area contributed by atoms with Gasteiger partial charge in [-0.15, -0.1) is 0 Å². The fraction of sp³-hybridized carbons (Fsp3) is 0.421. The van der Waals surface area contributed by atoms with Gasteiger partial charge in [-0.25, -0.2) is 12.8 Å². The minimum atomic E-state index is -3.90. The van der Waals surface area contributed by atoms with Crippen LogP contribution in [0.2, 0.25) is 0 Å². The summed E-state index contributed by atoms with van der Waals surface area (Å²) in [5.41, 5.74) is 0.518. The smallest absolute Gasteiger partial charge is 0.250 e. The van der Waals surface area contributed by atoms with Crippen LogP contribution in [0.4, 0.5) is 10.1 Å². The van der Waals surface area contributed by atoms with Crippen molar-refractivity contribution in [2.24, 2.45) is 7.05 Å². The summed E-state index contributed by atoms with van der Waals surface area (Å²) >= 11 is 1.99. The maximum atomic E-state index is 14.3. The highest BCUT2D eigenvalue weighted by molar-refractivity contribution is 14.1. The van der Waals surface area contributed by atoms with Crippen molar-refractivity contribution in [1.29, 1.82) is 0 Å². The molecule has 3 N–H and O–H groups in total. The second-order valence-corrected chi connectivity index (χ2v) is 10.7. The Morgan fingerprint density at radius 3 is 2.59 bits per heavy atom. The average Bonchev–Trinajstić information content (AvgIpc) is 3.44. The van der Waals surface area contributed by atoms with E-state index in [0.717, 1.165) is 3.57 Å². The highest BCUT2D eigenvalue weighted by Gasteiger charge is 2.55. The van der Waals surface area contributed by atoms with Crippen molar-refractivity contribution >= 4 is 38.3 Å². The Morgan fingerprint density at radius 1 is 1.31 bits per heavy atom. The zero-order valence-electron chi connectivity index (χ0n) is 15.7. The van der Waals surface area contributed by atoms with Gasteiger partial charge in [0.05, 0.1) is 23.1 Å². The van der Waals surface area contributed by atoms with E-state index in [1.165, 1.54) is 29.8 Å². The van der Waals surface area contributed by atoms with Gasteiger partial charge in [0.1, 0.15) is 5.82 Å². The summed E-state index contributed by atoms with van der Waals surface area (Å²) in [7, 11) is -2.40. The van der Waals surface area contributed by atoms with Gasteiger partial charge in [0.25, 0.3) is 5.56 Å². The molecule has 1 saturated carbocycles. The molecule has 1 aromatic heterocycles. The number of hydrogen-bond donors (Lipinski definition) is 3. The zero-order valence-corrected chi connectivity index (χ0v) is 18.7. The first-order valence-electron chi connectivity index (χ1n) is 9.03. The molecule has 0 radical (unpaired) electrons. The Kier molecular flexibility index (Phi) is 6.37. The molecule has 0 amide bonds. The van der Waals surface area contributed by atoms with Crippen molar-refractivity contribution < 1.29 is 23.0 Å². The fourth-order valence-electron chi connectivity index (χ4n) is 3.30. The van der Waals surface area contributed by atoms with Crippen molar-refractivity contribution in [3.8, 4) is 0 Å². The average molecular weight is 536 g/mol. The molecule has 1 aliphatic carbocycles. The van der Waals surface area contributed by atoms with E-state index in [0.29, 0.717) is 24.1 Å². The van der Waals surface area contributed by atoms with Gasteiger partial charge in [-0.3, -0.25) is 9.52 Å². The molecule has 158 valence electrons. The van der Waals surface area contributed by atoms with Crippen molar-refractivity contribution in [3.05, 3.63) is 61.3 Å². The summed E-state index contributed by atoms with van der Waals surface area (Å²) in [5.74, 6) is -0.438. The monoisotopic (exact) mass is 536 g/mol. The largest absolute Gasteiger partial charge is 0.394 e. The predicted octanol–water partition coefficient (Wildman–Crippen LogP) is 1.74. The van der Waals surface area contributed by atoms with Gasteiger partial charge in [-0.1, -0.05) is 6.07 Å². The number of hydrogen-bond acceptors (Lipinski definition) is 5. The van der Waals surface area contributed by atoms with Gasteiger partial charge in [0.2, 0.25) is 10.0 Å². The van der Waals surface area contributed by atoms with E-state index in [2.05, 4.69) is 4.72 Å². The highest BCUT2D eigenvalue weighted by Crippen LogP contribution is 2.48. The molecule has 10 heteroatoms. The first kappa shape index (κ1) is 22.2. The van der Waals surface area contributed by atoms with Crippen LogP contribution in [0.3, 0.4) is 0 Å². The second-order valence-electron chi connectivity index (χ2n) is 7.33. The molecule has 0 saturated heterocycles. The molecule has 1 fully saturated rings. The third kappa shape index (κ3) is 4.65. The first-order valence-corrected chi connectivity index (χ1v) is 11.6. The molecule has 0 bridgehead atoms. The number of aromatic nitrogens is 1. The van der Waals surface area contributed by atoms with Gasteiger partial charge < -0.3 is 14.8 Å². The summed E-state index contributed by atoms with van der Waals surface area (Å²) in [6.07, 6.45) is -0.446. The SMILES string of the molecule is Cn1c(Cc2ccc(I)cc2F)c(NS(=O)(=O)C2(CC(O)CO)CC2)ccc1=O. The molecule has 1 atom stereocenters. The van der Waals surface area contributed by atoms with Crippen LogP contribution in [0, 0.1) is 9.39 Å². The van der Waals surface area contributed by atoms with E-state index in [1.54, 1.807) is 12.1 Å². The minimum Gasteiger partial charge on any atom is -0.394 e. The number of rotatable bonds is 8. The van der Waals surface area contributed by atoms with Crippen LogP contribution in [-0.4, -0.2) is 40.7 Å². The molecule has 7 nitrogen and oxygen atoms in total. The number of halogens is 2. The Morgan fingerprint density at radius 2 is 2.00 bits per heavy atom. The van der Waals surface area contributed by atoms with E-state index in [1.807, 2.05) is 22.6 Å². The Balaban J connectivity index is 1.96. The van der Waals surface area contributed by atoms with Crippen LogP contribution in [0.5, 0.6) is 0 Å². The van der Waals surface area contributed by atoms with E-state index in [-0.39, 0.29) is 24.1 Å². The number of anilines is 1. The quantitative estimate of drug-likeness (QED) is 0.446. The first-order chi connectivity index (χ1) is 13.6. The number of aliphatic hydroxyl groups excluding tert-OH is 2. The van der Waals surface area contributed by atoms with E-state index >= 15 is 0 Å². The van der Waals surface area contributed by atoms with Crippen LogP contribution in [0.25, 0.3) is 0 Å². The number of aliphatic hydroxyl groups is 2. The predicted molar refractivity (Wildman–Crippen MR) is 116 cm³/mol. The topological polar surface area (TPSA) is 109 Å². The van der Waals surface area contributed by atoms with Gasteiger partial charge in [0.15, 0.2) is 0 Å². The molecular weight excluding hydrogens is 514 g/mol. The van der Waals surface area contributed by atoms with Crippen LogP contribution < -0.4 is 10.3 Å². The number of nitrogens with zero attached hydrogens (tertiary/aromatic N) is 1. The van der Waals surface area contributed by atoms with Crippen molar-refractivity contribution in [2.75, 3.05) is 11.3 Å². The lowest BCUT2D eigenvalue weighted by Crippen LogP contribution is -2.35. The second kappa shape index (κ2) is 8.32. The van der Waals surface area contributed by atoms with Gasteiger partial charge in [0, 0.05) is 28.8 Å². The third-order valence-corrected chi connectivity index (χ3v) is 8.13. The highest BCUT2D eigenvalue weighted by atomic mass is 127. The number of sulfonamides is 1. The summed E-state index contributed by atoms with van der Waals surface area (Å²) in [6.45, 7) is -0.519. The molecule has 1 aromatic carbocycles. The fourth-order valence-corrected chi connectivity index (χ4v) is 5.49. The maximum absolute atomic E-state index is 14.3. The molecule has 0 aliphatic heterocycles. The number of pyridine rings is 1. The van der Waals surface area contributed by atoms with Gasteiger partial charge >= 0.3 is 0 Å². The van der Waals surface area contributed by atoms with Gasteiger partial charge in [-0.05, 0) is 65.6 Å². The molecular formula is C19H22FIN2O5S. The lowest BCUT2D eigenvalue weighted by Gasteiger charge is -2.22. The zero-order chi connectivity index (χ0) is 21.4. The van der Waals surface area contributed by atoms with Crippen LogP contribution in [-0.2, 0) is 23.5 Å². The van der Waals surface area contributed by atoms with E-state index in [9.17, 15) is 22.7 Å². The van der Waals surface area contributed by atoms with E-state index in [4.69, 9.17) is 5.11 Å². The summed E-state index contributed by atoms with van der Waals surface area (Å²) in [6, 6.07) is 7.33. The van der Waals surface area contributed by atoms with Crippen molar-refractivity contribution in [1.82, 2.24) is 4.57 Å². The van der Waals surface area contributed by atoms with Crippen LogP contribution >= 0.6 is 22.6 Å². The molecule has 2 aromatic rings. The van der Waals surface area contributed by atoms with Crippen LogP contribution in [0.1, 0.15) is 30.5 Å². The molecule has 1 heterocycles. The van der Waals surface area contributed by atoms with Crippen molar-refractivity contribution in [3.63, 3.8) is 0 Å². The van der Waals surface area contributed by atoms with Gasteiger partial charge in [-0.2, -0.15) is 0 Å². The molecule has 0 spiro atoms. The standard InChI is InChI=1S/C19H22FIN2O5S/c1-23-17(8-12-2-3-13(21)9-15(12)20)16(4-5-18(23)26)22-29(27,28)19(6-7-19)10-14(25)11-24/h2-5,9,14,22,24-25H,6-8,10-11H2,1H3. The Labute approximate surface area is 181 Å². The molecule has 29 heavy (non-hydrogen) atoms. The molecule has 1 unspecified atom stereocenters. The molecule has 3 rings (SSSR count). The number of nitrogens with one attached hydrogen (secondary N) is 1. The third-order valence-electron chi connectivity index (χ3n) is 5.25. The summed E-state index contributed by atoms with van der Waals surface area (Å²) in [5, 5.41) is 18.8. The lowest BCUT2D eigenvalue weighted by atomic mass is 10.1. The molecule has 1 aliphatic rings. The minimum absolute atomic E-state index is 0.0272.